The molecule has 0 radical (unpaired) electrons. The van der Waals surface area contributed by atoms with Gasteiger partial charge >= 0.3 is 0 Å². The minimum Gasteiger partial charge on any atom is -0.493 e. The van der Waals surface area contributed by atoms with Gasteiger partial charge in [-0.3, -0.25) is 19.3 Å². The summed E-state index contributed by atoms with van der Waals surface area (Å²) in [6, 6.07) is 7.96. The van der Waals surface area contributed by atoms with Gasteiger partial charge in [-0.15, -0.1) is 0 Å². The monoisotopic (exact) mass is 370 g/mol. The number of likely N-dealkylation sites (tertiary alicyclic amines) is 1. The highest BCUT2D eigenvalue weighted by Crippen LogP contribution is 2.38. The molecule has 0 bridgehead atoms. The summed E-state index contributed by atoms with van der Waals surface area (Å²) in [6.07, 6.45) is 4.69. The Bertz CT molecular complexity index is 723. The zero-order valence-electron chi connectivity index (χ0n) is 15.5. The third kappa shape index (κ3) is 3.70. The van der Waals surface area contributed by atoms with Gasteiger partial charge in [0, 0.05) is 25.4 Å². The predicted octanol–water partition coefficient (Wildman–Crippen LogP) is 1.92. The predicted molar refractivity (Wildman–Crippen MR) is 98.9 cm³/mol. The Morgan fingerprint density at radius 1 is 1.11 bits per heavy atom. The van der Waals surface area contributed by atoms with Gasteiger partial charge in [0.25, 0.3) is 0 Å². The number of benzene rings is 1. The molecule has 27 heavy (non-hydrogen) atoms. The molecule has 4 rings (SSSR count). The number of fused-ring (bicyclic) bond motifs is 2. The molecule has 2 fully saturated rings. The summed E-state index contributed by atoms with van der Waals surface area (Å²) >= 11 is 0. The number of para-hydroxylation sites is 1. The molecule has 6 nitrogen and oxygen atoms in total. The first-order valence-corrected chi connectivity index (χ1v) is 9.96. The van der Waals surface area contributed by atoms with Crippen LogP contribution in [-0.2, 0) is 20.8 Å². The van der Waals surface area contributed by atoms with Crippen LogP contribution in [0.15, 0.2) is 24.3 Å². The van der Waals surface area contributed by atoms with Gasteiger partial charge < -0.3 is 10.1 Å². The van der Waals surface area contributed by atoms with E-state index in [-0.39, 0.29) is 48.4 Å². The zero-order chi connectivity index (χ0) is 18.8. The van der Waals surface area contributed by atoms with Gasteiger partial charge in [0.15, 0.2) is 0 Å². The van der Waals surface area contributed by atoms with Crippen LogP contribution in [0.5, 0.6) is 5.75 Å². The number of imide groups is 1. The number of hydrogen-bond donors (Lipinski definition) is 1. The molecule has 1 aliphatic carbocycles. The van der Waals surface area contributed by atoms with Gasteiger partial charge in [-0.2, -0.15) is 0 Å². The molecule has 1 saturated heterocycles. The fourth-order valence-corrected chi connectivity index (χ4v) is 4.53. The first-order chi connectivity index (χ1) is 13.1. The second-order valence-corrected chi connectivity index (χ2v) is 7.87. The first kappa shape index (κ1) is 18.0. The van der Waals surface area contributed by atoms with E-state index in [1.807, 2.05) is 24.3 Å². The molecule has 1 aromatic rings. The lowest BCUT2D eigenvalue weighted by molar-refractivity contribution is -0.140. The maximum absolute atomic E-state index is 12.4. The van der Waals surface area contributed by atoms with E-state index in [2.05, 4.69) is 5.32 Å². The van der Waals surface area contributed by atoms with Gasteiger partial charge in [-0.1, -0.05) is 31.0 Å². The highest BCUT2D eigenvalue weighted by molar-refractivity contribution is 6.05. The number of rotatable bonds is 5. The van der Waals surface area contributed by atoms with Crippen LogP contribution in [0, 0.1) is 17.8 Å². The van der Waals surface area contributed by atoms with Crippen molar-refractivity contribution in [1.82, 2.24) is 10.2 Å². The van der Waals surface area contributed by atoms with E-state index >= 15 is 0 Å². The largest absolute Gasteiger partial charge is 0.493 e. The number of carbonyl (C=O) groups excluding carboxylic acids is 3. The van der Waals surface area contributed by atoms with E-state index in [0.717, 1.165) is 37.9 Å². The molecule has 1 saturated carbocycles. The summed E-state index contributed by atoms with van der Waals surface area (Å²) in [5, 5.41) is 2.93. The van der Waals surface area contributed by atoms with Crippen LogP contribution in [0.4, 0.5) is 0 Å². The summed E-state index contributed by atoms with van der Waals surface area (Å²) < 4.78 is 5.74. The van der Waals surface area contributed by atoms with Crippen molar-refractivity contribution in [1.29, 1.82) is 0 Å². The molecule has 1 N–H and O–H groups in total. The smallest absolute Gasteiger partial charge is 0.233 e. The number of amides is 3. The molecule has 3 atom stereocenters. The zero-order valence-corrected chi connectivity index (χ0v) is 15.5. The van der Waals surface area contributed by atoms with E-state index in [0.29, 0.717) is 13.2 Å². The second-order valence-electron chi connectivity index (χ2n) is 7.87. The number of nitrogens with zero attached hydrogens (tertiary/aromatic N) is 1. The van der Waals surface area contributed by atoms with E-state index < -0.39 is 0 Å². The summed E-state index contributed by atoms with van der Waals surface area (Å²) in [6.45, 7) is 1.32. The molecule has 144 valence electrons. The molecule has 0 unspecified atom stereocenters. The Hall–Kier alpha value is -2.37. The normalized spacial score (nSPS) is 27.0. The molecule has 2 aliphatic heterocycles. The van der Waals surface area contributed by atoms with Crippen LogP contribution in [0.2, 0.25) is 0 Å². The van der Waals surface area contributed by atoms with Crippen molar-refractivity contribution in [2.24, 2.45) is 17.8 Å². The van der Waals surface area contributed by atoms with Crippen molar-refractivity contribution in [3.63, 3.8) is 0 Å². The van der Waals surface area contributed by atoms with Crippen molar-refractivity contribution in [3.05, 3.63) is 29.8 Å². The Labute approximate surface area is 159 Å². The Balaban J connectivity index is 1.23. The minimum atomic E-state index is -0.145. The van der Waals surface area contributed by atoms with Crippen molar-refractivity contribution in [2.45, 2.75) is 38.5 Å². The van der Waals surface area contributed by atoms with Crippen molar-refractivity contribution in [3.8, 4) is 5.75 Å². The average molecular weight is 370 g/mol. The fraction of sp³-hybridized carbons (Fsp3) is 0.571. The van der Waals surface area contributed by atoms with Crippen LogP contribution in [0.25, 0.3) is 0 Å². The number of carbonyl (C=O) groups is 3. The molecule has 3 amide bonds. The number of nitrogens with one attached hydrogen (secondary N) is 1. The van der Waals surface area contributed by atoms with Gasteiger partial charge in [-0.05, 0) is 30.9 Å². The fourth-order valence-electron chi connectivity index (χ4n) is 4.53. The van der Waals surface area contributed by atoms with E-state index in [9.17, 15) is 14.4 Å². The maximum Gasteiger partial charge on any atom is 0.233 e. The molecule has 1 aromatic carbocycles. The Kier molecular flexibility index (Phi) is 5.14. The average Bonchev–Trinajstić information content (AvgIpc) is 2.95. The van der Waals surface area contributed by atoms with Gasteiger partial charge in [-0.25, -0.2) is 0 Å². The summed E-state index contributed by atoms with van der Waals surface area (Å²) in [5.41, 5.74) is 1.17. The van der Waals surface area contributed by atoms with Crippen molar-refractivity contribution >= 4 is 17.7 Å². The molecule has 0 aromatic heterocycles. The number of hydrogen-bond acceptors (Lipinski definition) is 4. The molecule has 3 aliphatic rings. The lowest BCUT2D eigenvalue weighted by atomic mass is 9.81. The summed E-state index contributed by atoms with van der Waals surface area (Å²) in [5.74, 6) is 0.603. The van der Waals surface area contributed by atoms with Crippen LogP contribution in [-0.4, -0.2) is 42.3 Å². The van der Waals surface area contributed by atoms with E-state index in [1.54, 1.807) is 0 Å². The van der Waals surface area contributed by atoms with Crippen molar-refractivity contribution < 1.29 is 19.1 Å². The molecular weight excluding hydrogens is 344 g/mol. The minimum absolute atomic E-state index is 0.0743. The Morgan fingerprint density at radius 3 is 2.56 bits per heavy atom. The molecule has 2 heterocycles. The van der Waals surface area contributed by atoms with E-state index in [4.69, 9.17) is 4.74 Å². The molecule has 0 spiro atoms. The van der Waals surface area contributed by atoms with Gasteiger partial charge in [0.2, 0.25) is 17.7 Å². The quantitative estimate of drug-likeness (QED) is 0.804. The third-order valence-electron chi connectivity index (χ3n) is 6.04. The third-order valence-corrected chi connectivity index (χ3v) is 6.04. The highest BCUT2D eigenvalue weighted by Gasteiger charge is 2.47. The van der Waals surface area contributed by atoms with Crippen LogP contribution < -0.4 is 10.1 Å². The molecular formula is C21H26N2O4. The lowest BCUT2D eigenvalue weighted by Crippen LogP contribution is -2.38. The van der Waals surface area contributed by atoms with Crippen LogP contribution in [0.3, 0.4) is 0 Å². The lowest BCUT2D eigenvalue weighted by Gasteiger charge is -2.25. The maximum atomic E-state index is 12.4. The standard InChI is InChI=1S/C21H26N2O4/c24-19(22-12-14-11-15-5-1-4-8-18(15)27-13-14)9-10-23-20(25)16-6-2-3-7-17(16)21(23)26/h1,4-5,8,14,16-17H,2-3,6-7,9-13H2,(H,22,24)/t14-,16+,17+/m0/s1. The van der Waals surface area contributed by atoms with Gasteiger partial charge in [0.1, 0.15) is 5.75 Å². The first-order valence-electron chi connectivity index (χ1n) is 9.96. The van der Waals surface area contributed by atoms with Crippen LogP contribution in [0.1, 0.15) is 37.7 Å². The highest BCUT2D eigenvalue weighted by atomic mass is 16.5. The van der Waals surface area contributed by atoms with Crippen LogP contribution >= 0.6 is 0 Å². The SMILES string of the molecule is O=C(CCN1C(=O)[C@@H]2CCCC[C@H]2C1=O)NC[C@H]1COc2ccccc2C1. The molecule has 6 heteroatoms. The summed E-state index contributed by atoms with van der Waals surface area (Å²) in [7, 11) is 0. The number of ether oxygens (including phenoxy) is 1. The topological polar surface area (TPSA) is 75.7 Å². The second kappa shape index (κ2) is 7.71. The van der Waals surface area contributed by atoms with Crippen molar-refractivity contribution in [2.75, 3.05) is 19.7 Å². The summed E-state index contributed by atoms with van der Waals surface area (Å²) in [4.78, 5) is 38.4. The van der Waals surface area contributed by atoms with E-state index in [1.165, 1.54) is 10.5 Å². The van der Waals surface area contributed by atoms with Gasteiger partial charge in [0.05, 0.1) is 18.4 Å². The Morgan fingerprint density at radius 2 is 1.81 bits per heavy atom.